The van der Waals surface area contributed by atoms with Crippen LogP contribution in [-0.4, -0.2) is 32.5 Å². The molecule has 1 saturated heterocycles. The third-order valence-electron chi connectivity index (χ3n) is 2.46. The Morgan fingerprint density at radius 2 is 2.29 bits per heavy atom. The Balaban J connectivity index is 2.15. The van der Waals surface area contributed by atoms with Crippen LogP contribution < -0.4 is 9.47 Å². The van der Waals surface area contributed by atoms with Gasteiger partial charge >= 0.3 is 0 Å². The summed E-state index contributed by atoms with van der Waals surface area (Å²) in [5.74, 6) is 1.31. The van der Waals surface area contributed by atoms with Crippen LogP contribution in [0, 0.1) is 0 Å². The van der Waals surface area contributed by atoms with Crippen LogP contribution in [0.15, 0.2) is 23.2 Å². The number of nitrogens with zero attached hydrogens (tertiary/aromatic N) is 1. The Bertz CT molecular complexity index is 436. The molecule has 0 atom stereocenters. The maximum absolute atomic E-state index is 10.1. The second-order valence-electron chi connectivity index (χ2n) is 3.67. The molecule has 1 aliphatic rings. The van der Waals surface area contributed by atoms with Crippen LogP contribution in [0.4, 0.5) is 0 Å². The molecule has 0 aliphatic carbocycles. The van der Waals surface area contributed by atoms with E-state index in [9.17, 15) is 4.79 Å². The van der Waals surface area contributed by atoms with E-state index in [1.807, 2.05) is 12.1 Å². The summed E-state index contributed by atoms with van der Waals surface area (Å²) >= 11 is 0. The first-order chi connectivity index (χ1) is 8.33. The molecule has 1 aromatic rings. The summed E-state index contributed by atoms with van der Waals surface area (Å²) in [6.07, 6.45) is 1.59. The highest BCUT2D eigenvalue weighted by Crippen LogP contribution is 2.30. The lowest BCUT2D eigenvalue weighted by molar-refractivity contribution is -0.0803. The van der Waals surface area contributed by atoms with Crippen molar-refractivity contribution in [3.8, 4) is 11.5 Å². The third kappa shape index (κ3) is 2.84. The molecule has 0 saturated carbocycles. The van der Waals surface area contributed by atoms with Gasteiger partial charge in [-0.1, -0.05) is 6.07 Å². The lowest BCUT2D eigenvalue weighted by Crippen LogP contribution is -2.38. The zero-order chi connectivity index (χ0) is 12.1. The molecular weight excluding hydrogens is 222 g/mol. The summed E-state index contributed by atoms with van der Waals surface area (Å²) in [5, 5.41) is 0. The van der Waals surface area contributed by atoms with Crippen LogP contribution >= 0.6 is 0 Å². The molecule has 2 rings (SSSR count). The molecule has 0 spiro atoms. The third-order valence-corrected chi connectivity index (χ3v) is 2.46. The highest BCUT2D eigenvalue weighted by atomic mass is 16.6. The zero-order valence-corrected chi connectivity index (χ0v) is 9.51. The SMILES string of the molecule is COc1ccc(CN=C=O)cc1OC1COC1. The molecule has 1 heterocycles. The summed E-state index contributed by atoms with van der Waals surface area (Å²) in [7, 11) is 1.59. The Hall–Kier alpha value is -1.84. The van der Waals surface area contributed by atoms with Gasteiger partial charge in [-0.15, -0.1) is 0 Å². The molecule has 5 nitrogen and oxygen atoms in total. The minimum Gasteiger partial charge on any atom is -0.493 e. The van der Waals surface area contributed by atoms with Gasteiger partial charge in [0.15, 0.2) is 11.5 Å². The van der Waals surface area contributed by atoms with E-state index in [4.69, 9.17) is 14.2 Å². The van der Waals surface area contributed by atoms with Crippen molar-refractivity contribution >= 4 is 6.08 Å². The summed E-state index contributed by atoms with van der Waals surface area (Å²) in [6.45, 7) is 1.49. The lowest BCUT2D eigenvalue weighted by atomic mass is 10.2. The van der Waals surface area contributed by atoms with E-state index in [-0.39, 0.29) is 6.10 Å². The first-order valence-electron chi connectivity index (χ1n) is 5.28. The van der Waals surface area contributed by atoms with Gasteiger partial charge in [-0.25, -0.2) is 9.79 Å². The molecule has 0 N–H and O–H groups in total. The van der Waals surface area contributed by atoms with Gasteiger partial charge < -0.3 is 14.2 Å². The molecule has 90 valence electrons. The number of rotatable bonds is 5. The molecule has 1 fully saturated rings. The van der Waals surface area contributed by atoms with E-state index >= 15 is 0 Å². The van der Waals surface area contributed by atoms with Crippen LogP contribution in [-0.2, 0) is 16.1 Å². The van der Waals surface area contributed by atoms with Crippen molar-refractivity contribution in [2.45, 2.75) is 12.6 Å². The van der Waals surface area contributed by atoms with Gasteiger partial charge in [0.25, 0.3) is 0 Å². The molecule has 0 bridgehead atoms. The maximum atomic E-state index is 10.1. The number of carbonyl (C=O) groups excluding carboxylic acids is 1. The Labute approximate surface area is 99.0 Å². The van der Waals surface area contributed by atoms with E-state index in [1.54, 1.807) is 13.2 Å². The fraction of sp³-hybridized carbons (Fsp3) is 0.417. The van der Waals surface area contributed by atoms with Crippen molar-refractivity contribution in [3.05, 3.63) is 23.8 Å². The highest BCUT2D eigenvalue weighted by Gasteiger charge is 2.21. The fourth-order valence-electron chi connectivity index (χ4n) is 1.50. The molecular formula is C12H13NO4. The smallest absolute Gasteiger partial charge is 0.235 e. The minimum atomic E-state index is 0.0775. The molecule has 17 heavy (non-hydrogen) atoms. The molecule has 0 amide bonds. The standard InChI is InChI=1S/C12H13NO4/c1-15-11-3-2-9(5-13-8-14)4-12(11)17-10-6-16-7-10/h2-4,10H,5-7H2,1H3. The molecule has 5 heteroatoms. The number of ether oxygens (including phenoxy) is 3. The second kappa shape index (κ2) is 5.48. The number of hydrogen-bond acceptors (Lipinski definition) is 5. The van der Waals surface area contributed by atoms with Gasteiger partial charge in [0.05, 0.1) is 26.9 Å². The van der Waals surface area contributed by atoms with Crippen molar-refractivity contribution in [3.63, 3.8) is 0 Å². The lowest BCUT2D eigenvalue weighted by Gasteiger charge is -2.27. The van der Waals surface area contributed by atoms with E-state index in [0.717, 1.165) is 5.56 Å². The van der Waals surface area contributed by atoms with Crippen molar-refractivity contribution in [1.82, 2.24) is 0 Å². The summed E-state index contributed by atoms with van der Waals surface area (Å²) in [6, 6.07) is 5.45. The molecule has 0 aromatic heterocycles. The maximum Gasteiger partial charge on any atom is 0.235 e. The van der Waals surface area contributed by atoms with Crippen LogP contribution in [0.5, 0.6) is 11.5 Å². The van der Waals surface area contributed by atoms with Crippen LogP contribution in [0.25, 0.3) is 0 Å². The minimum absolute atomic E-state index is 0.0775. The number of hydrogen-bond donors (Lipinski definition) is 0. The Morgan fingerprint density at radius 3 is 2.88 bits per heavy atom. The number of methoxy groups -OCH3 is 1. The summed E-state index contributed by atoms with van der Waals surface area (Å²) in [5.41, 5.74) is 0.879. The van der Waals surface area contributed by atoms with Crippen LogP contribution in [0.2, 0.25) is 0 Å². The van der Waals surface area contributed by atoms with E-state index in [1.165, 1.54) is 6.08 Å². The largest absolute Gasteiger partial charge is 0.493 e. The topological polar surface area (TPSA) is 57.1 Å². The van der Waals surface area contributed by atoms with Gasteiger partial charge in [-0.2, -0.15) is 0 Å². The molecule has 1 aromatic carbocycles. The predicted octanol–water partition coefficient (Wildman–Crippen LogP) is 1.31. The molecule has 1 aliphatic heterocycles. The van der Waals surface area contributed by atoms with Crippen LogP contribution in [0.1, 0.15) is 5.56 Å². The monoisotopic (exact) mass is 235 g/mol. The van der Waals surface area contributed by atoms with Crippen molar-refractivity contribution in [1.29, 1.82) is 0 Å². The average Bonchev–Trinajstić information content (AvgIpc) is 2.31. The molecule has 0 radical (unpaired) electrons. The second-order valence-corrected chi connectivity index (χ2v) is 3.67. The normalized spacial score (nSPS) is 14.6. The van der Waals surface area contributed by atoms with Crippen molar-refractivity contribution < 1.29 is 19.0 Å². The van der Waals surface area contributed by atoms with Gasteiger partial charge in [-0.3, -0.25) is 0 Å². The van der Waals surface area contributed by atoms with Crippen LogP contribution in [0.3, 0.4) is 0 Å². The van der Waals surface area contributed by atoms with E-state index in [2.05, 4.69) is 4.99 Å². The van der Waals surface area contributed by atoms with E-state index in [0.29, 0.717) is 31.3 Å². The predicted molar refractivity (Wildman–Crippen MR) is 60.1 cm³/mol. The Morgan fingerprint density at radius 1 is 1.47 bits per heavy atom. The summed E-state index contributed by atoms with van der Waals surface area (Å²) < 4.78 is 15.9. The number of aliphatic imine (C=N–C) groups is 1. The van der Waals surface area contributed by atoms with Gasteiger partial charge in [-0.05, 0) is 17.7 Å². The zero-order valence-electron chi connectivity index (χ0n) is 9.51. The van der Waals surface area contributed by atoms with Crippen molar-refractivity contribution in [2.75, 3.05) is 20.3 Å². The molecule has 0 unspecified atom stereocenters. The number of benzene rings is 1. The Kier molecular flexibility index (Phi) is 3.75. The van der Waals surface area contributed by atoms with E-state index < -0.39 is 0 Å². The van der Waals surface area contributed by atoms with Gasteiger partial charge in [0.1, 0.15) is 6.10 Å². The fourth-order valence-corrected chi connectivity index (χ4v) is 1.50. The number of isocyanates is 1. The first kappa shape index (κ1) is 11.6. The first-order valence-corrected chi connectivity index (χ1v) is 5.28. The van der Waals surface area contributed by atoms with Crippen molar-refractivity contribution in [2.24, 2.45) is 4.99 Å². The quantitative estimate of drug-likeness (QED) is 0.570. The highest BCUT2D eigenvalue weighted by molar-refractivity contribution is 5.44. The summed E-state index contributed by atoms with van der Waals surface area (Å²) in [4.78, 5) is 13.6. The van der Waals surface area contributed by atoms with Gasteiger partial charge in [0, 0.05) is 0 Å². The van der Waals surface area contributed by atoms with Gasteiger partial charge in [0.2, 0.25) is 6.08 Å². The average molecular weight is 235 g/mol.